The molecule has 0 bridgehead atoms. The summed E-state index contributed by atoms with van der Waals surface area (Å²) < 4.78 is 27.9. The van der Waals surface area contributed by atoms with Crippen LogP contribution >= 0.6 is 12.4 Å². The molecule has 0 radical (unpaired) electrons. The summed E-state index contributed by atoms with van der Waals surface area (Å²) in [7, 11) is -1.99. The molecule has 0 unspecified atom stereocenters. The van der Waals surface area contributed by atoms with Crippen molar-refractivity contribution in [3.05, 3.63) is 83.8 Å². The van der Waals surface area contributed by atoms with Gasteiger partial charge in [-0.1, -0.05) is 6.07 Å². The van der Waals surface area contributed by atoms with E-state index in [9.17, 15) is 8.42 Å². The van der Waals surface area contributed by atoms with E-state index in [0.29, 0.717) is 17.6 Å². The number of rotatable bonds is 6. The number of nitriles is 1. The van der Waals surface area contributed by atoms with Gasteiger partial charge < -0.3 is 10.6 Å². The van der Waals surface area contributed by atoms with Crippen molar-refractivity contribution in [2.45, 2.75) is 18.4 Å². The second-order valence-corrected chi connectivity index (χ2v) is 8.99. The minimum absolute atomic E-state index is 0. The maximum Gasteiger partial charge on any atom is 0.269 e. The Labute approximate surface area is 193 Å². The van der Waals surface area contributed by atoms with Gasteiger partial charge in [0.25, 0.3) is 10.0 Å². The maximum atomic E-state index is 13.3. The Morgan fingerprint density at radius 3 is 2.62 bits per heavy atom. The highest BCUT2D eigenvalue weighted by atomic mass is 35.5. The Morgan fingerprint density at radius 1 is 1.16 bits per heavy atom. The molecule has 4 aromatic rings. The monoisotopic (exact) mass is 467 g/mol. The lowest BCUT2D eigenvalue weighted by atomic mass is 10.1. The zero-order valence-corrected chi connectivity index (χ0v) is 19.2. The van der Waals surface area contributed by atoms with Crippen molar-refractivity contribution in [2.24, 2.45) is 0 Å². The molecule has 0 atom stereocenters. The summed E-state index contributed by atoms with van der Waals surface area (Å²) in [5.74, 6) is 0. The molecule has 0 saturated heterocycles. The molecule has 0 aliphatic rings. The second-order valence-electron chi connectivity index (χ2n) is 7.17. The number of hydrogen-bond donors (Lipinski definition) is 2. The molecule has 2 heterocycles. The molecule has 2 N–H and O–H groups in total. The highest BCUT2D eigenvalue weighted by Gasteiger charge is 2.21. The zero-order valence-electron chi connectivity index (χ0n) is 17.5. The molecule has 7 nitrogen and oxygen atoms in total. The Hall–Kier alpha value is -3.38. The number of halogens is 1. The first-order valence-electron chi connectivity index (χ1n) is 9.66. The number of fused-ring (bicyclic) bond motifs is 1. The summed E-state index contributed by atoms with van der Waals surface area (Å²) in [5, 5.41) is 16.3. The van der Waals surface area contributed by atoms with Gasteiger partial charge in [0.15, 0.2) is 0 Å². The fourth-order valence-corrected chi connectivity index (χ4v) is 4.86. The van der Waals surface area contributed by atoms with Crippen LogP contribution in [0.1, 0.15) is 16.7 Å². The number of nitrogens with one attached hydrogen (secondary N) is 2. The largest absolute Gasteiger partial charge is 0.355 e. The predicted octanol–water partition coefficient (Wildman–Crippen LogP) is 4.34. The van der Waals surface area contributed by atoms with Crippen molar-refractivity contribution in [3.8, 4) is 6.07 Å². The summed E-state index contributed by atoms with van der Waals surface area (Å²) >= 11 is 0. The van der Waals surface area contributed by atoms with E-state index in [4.69, 9.17) is 5.26 Å². The number of pyridine rings is 1. The molecule has 2 aromatic carbocycles. The highest BCUT2D eigenvalue weighted by Crippen LogP contribution is 2.30. The van der Waals surface area contributed by atoms with Crippen LogP contribution in [-0.2, 0) is 16.6 Å². The van der Waals surface area contributed by atoms with Crippen LogP contribution in [0.25, 0.3) is 10.9 Å². The molecule has 0 aliphatic heterocycles. The molecule has 0 fully saturated rings. The third-order valence-corrected chi connectivity index (χ3v) is 6.70. The molecule has 9 heteroatoms. The molecule has 0 aliphatic carbocycles. The van der Waals surface area contributed by atoms with Crippen molar-refractivity contribution in [1.82, 2.24) is 14.3 Å². The van der Waals surface area contributed by atoms with E-state index in [1.807, 2.05) is 38.2 Å². The number of hydrogen-bond acceptors (Lipinski definition) is 6. The maximum absolute atomic E-state index is 13.3. The zero-order chi connectivity index (χ0) is 22.0. The van der Waals surface area contributed by atoms with Gasteiger partial charge in [-0.25, -0.2) is 12.4 Å². The lowest BCUT2D eigenvalue weighted by Crippen LogP contribution is -2.12. The Kier molecular flexibility index (Phi) is 6.84. The highest BCUT2D eigenvalue weighted by molar-refractivity contribution is 7.90. The smallest absolute Gasteiger partial charge is 0.269 e. The number of aryl methyl sites for hydroxylation is 1. The SMILES string of the molecule is CNCc1cn(S(=O)(=O)c2cccnc2)c2cc(Nc3ccc(C#N)cc3C)ccc12.Cl. The van der Waals surface area contributed by atoms with Gasteiger partial charge in [0.05, 0.1) is 17.1 Å². The molecule has 0 amide bonds. The normalized spacial score (nSPS) is 11.0. The van der Waals surface area contributed by atoms with Gasteiger partial charge in [-0.2, -0.15) is 5.26 Å². The van der Waals surface area contributed by atoms with Crippen LogP contribution in [0.2, 0.25) is 0 Å². The number of aromatic nitrogens is 2. The van der Waals surface area contributed by atoms with Crippen molar-refractivity contribution >= 4 is 44.7 Å². The fraction of sp³-hybridized carbons (Fsp3) is 0.130. The summed E-state index contributed by atoms with van der Waals surface area (Å²) in [6, 6.07) is 16.3. The first-order valence-corrected chi connectivity index (χ1v) is 11.1. The van der Waals surface area contributed by atoms with Gasteiger partial charge in [-0.3, -0.25) is 4.98 Å². The molecule has 4 rings (SSSR count). The van der Waals surface area contributed by atoms with E-state index < -0.39 is 10.0 Å². The molecule has 2 aromatic heterocycles. The predicted molar refractivity (Wildman–Crippen MR) is 128 cm³/mol. The van der Waals surface area contributed by atoms with Crippen LogP contribution in [-0.4, -0.2) is 24.4 Å². The van der Waals surface area contributed by atoms with E-state index in [2.05, 4.69) is 21.7 Å². The first-order chi connectivity index (χ1) is 14.9. The molecule has 32 heavy (non-hydrogen) atoms. The Balaban J connectivity index is 0.00000289. The minimum Gasteiger partial charge on any atom is -0.355 e. The standard InChI is InChI=1S/C23H21N5O2S.ClH/c1-16-10-17(12-24)5-8-22(16)27-19-6-7-21-18(13-25-2)15-28(23(21)11-19)31(29,30)20-4-3-9-26-14-20;/h3-11,14-15,25,27H,13H2,1-2H3;1H. The van der Waals surface area contributed by atoms with Gasteiger partial charge in [0.1, 0.15) is 4.90 Å². The van der Waals surface area contributed by atoms with Gasteiger partial charge in [-0.05, 0) is 67.6 Å². The second kappa shape index (κ2) is 9.40. The Bertz CT molecular complexity index is 1410. The minimum atomic E-state index is -3.81. The van der Waals surface area contributed by atoms with E-state index in [1.54, 1.807) is 30.6 Å². The molecular formula is C23H22ClN5O2S. The van der Waals surface area contributed by atoms with Crippen LogP contribution in [0.4, 0.5) is 11.4 Å². The van der Waals surface area contributed by atoms with Gasteiger partial charge in [-0.15, -0.1) is 12.4 Å². The quantitative estimate of drug-likeness (QED) is 0.437. The Morgan fingerprint density at radius 2 is 1.97 bits per heavy atom. The van der Waals surface area contributed by atoms with Crippen molar-refractivity contribution in [3.63, 3.8) is 0 Å². The third kappa shape index (κ3) is 4.32. The first kappa shape index (κ1) is 23.3. The summed E-state index contributed by atoms with van der Waals surface area (Å²) in [6.45, 7) is 2.45. The number of anilines is 2. The van der Waals surface area contributed by atoms with Crippen molar-refractivity contribution in [2.75, 3.05) is 12.4 Å². The fourth-order valence-electron chi connectivity index (χ4n) is 3.52. The van der Waals surface area contributed by atoms with E-state index in [0.717, 1.165) is 27.9 Å². The van der Waals surface area contributed by atoms with Gasteiger partial charge in [0, 0.05) is 41.9 Å². The van der Waals surface area contributed by atoms with Crippen molar-refractivity contribution < 1.29 is 8.42 Å². The lowest BCUT2D eigenvalue weighted by molar-refractivity contribution is 0.588. The van der Waals surface area contributed by atoms with Crippen LogP contribution < -0.4 is 10.6 Å². The lowest BCUT2D eigenvalue weighted by Gasteiger charge is -2.12. The molecule has 0 spiro atoms. The summed E-state index contributed by atoms with van der Waals surface area (Å²) in [5.41, 5.74) is 4.57. The van der Waals surface area contributed by atoms with Crippen LogP contribution in [0.5, 0.6) is 0 Å². The average Bonchev–Trinajstić information content (AvgIpc) is 3.14. The van der Waals surface area contributed by atoms with Gasteiger partial charge in [0.2, 0.25) is 0 Å². The van der Waals surface area contributed by atoms with Crippen LogP contribution in [0.15, 0.2) is 72.0 Å². The van der Waals surface area contributed by atoms with Crippen molar-refractivity contribution in [1.29, 1.82) is 5.26 Å². The summed E-state index contributed by atoms with van der Waals surface area (Å²) in [6.07, 6.45) is 4.54. The molecule has 0 saturated carbocycles. The number of nitrogens with zero attached hydrogens (tertiary/aromatic N) is 3. The van der Waals surface area contributed by atoms with E-state index in [1.165, 1.54) is 16.2 Å². The molecule has 164 valence electrons. The van der Waals surface area contributed by atoms with Crippen LogP contribution in [0.3, 0.4) is 0 Å². The van der Waals surface area contributed by atoms with Crippen LogP contribution in [0, 0.1) is 18.3 Å². The molecular weight excluding hydrogens is 446 g/mol. The average molecular weight is 468 g/mol. The van der Waals surface area contributed by atoms with Gasteiger partial charge >= 0.3 is 0 Å². The topological polar surface area (TPSA) is 99.8 Å². The van der Waals surface area contributed by atoms with E-state index in [-0.39, 0.29) is 17.3 Å². The summed E-state index contributed by atoms with van der Waals surface area (Å²) in [4.78, 5) is 4.09. The van der Waals surface area contributed by atoms with E-state index >= 15 is 0 Å². The number of benzene rings is 2. The third-order valence-electron chi connectivity index (χ3n) is 5.05.